The van der Waals surface area contributed by atoms with E-state index in [0.29, 0.717) is 32.6 Å². The van der Waals surface area contributed by atoms with Crippen LogP contribution in [0, 0.1) is 0 Å². The Bertz CT molecular complexity index is 925. The third kappa shape index (κ3) is 3.95. The molecule has 2 aromatic rings. The Morgan fingerprint density at radius 3 is 2.61 bits per heavy atom. The second-order valence-electron chi connectivity index (χ2n) is 9.02. The molecule has 1 aromatic heterocycles. The second-order valence-corrected chi connectivity index (χ2v) is 9.02. The van der Waals surface area contributed by atoms with E-state index >= 15 is 0 Å². The number of amides is 1. The molecule has 3 atom stereocenters. The normalized spacial score (nSPS) is 28.6. The van der Waals surface area contributed by atoms with Crippen molar-refractivity contribution < 1.29 is 14.6 Å². The van der Waals surface area contributed by atoms with Gasteiger partial charge in [0.2, 0.25) is 5.91 Å². The number of para-hydroxylation sites is 2. The monoisotopic (exact) mass is 425 g/mol. The smallest absolute Gasteiger partial charge is 0.238 e. The minimum atomic E-state index is -0.917. The van der Waals surface area contributed by atoms with Crippen molar-refractivity contribution in [2.75, 3.05) is 43.1 Å². The molecular weight excluding hydrogens is 394 g/mol. The molecule has 1 amide bonds. The van der Waals surface area contributed by atoms with Crippen molar-refractivity contribution in [3.63, 3.8) is 0 Å². The summed E-state index contributed by atoms with van der Waals surface area (Å²) >= 11 is 0. The summed E-state index contributed by atoms with van der Waals surface area (Å²) < 4.78 is 7.37. The number of ether oxygens (including phenoxy) is 1. The lowest BCUT2D eigenvalue weighted by Crippen LogP contribution is -2.52. The molecule has 3 saturated heterocycles. The number of hydrogen-bond acceptors (Lipinski definition) is 6. The lowest BCUT2D eigenvalue weighted by atomic mass is 9.85. The van der Waals surface area contributed by atoms with Gasteiger partial charge in [-0.1, -0.05) is 12.1 Å². The van der Waals surface area contributed by atoms with Crippen LogP contribution in [-0.4, -0.2) is 70.4 Å². The molecule has 0 saturated carbocycles. The number of aliphatic hydroxyl groups is 1. The minimum Gasteiger partial charge on any atom is -0.382 e. The molecule has 0 aliphatic carbocycles. The average Bonchev–Trinajstić information content (AvgIpc) is 3.31. The highest BCUT2D eigenvalue weighted by molar-refractivity contribution is 5.95. The molecule has 8 heteroatoms. The molecule has 166 valence electrons. The summed E-state index contributed by atoms with van der Waals surface area (Å²) in [5.74, 6) is 0.730. The lowest BCUT2D eigenvalue weighted by Gasteiger charge is -2.43. The first kappa shape index (κ1) is 20.5. The number of nitrogens with zero attached hydrogens (tertiary/aromatic N) is 4. The molecule has 31 heavy (non-hydrogen) atoms. The molecule has 3 aliphatic heterocycles. The highest BCUT2D eigenvalue weighted by Crippen LogP contribution is 2.45. The summed E-state index contributed by atoms with van der Waals surface area (Å²) in [6, 6.07) is 8.37. The summed E-state index contributed by atoms with van der Waals surface area (Å²) in [5, 5.41) is 14.5. The molecule has 0 radical (unpaired) electrons. The number of piperidine rings is 1. The molecule has 1 aromatic carbocycles. The van der Waals surface area contributed by atoms with Gasteiger partial charge in [-0.05, 0) is 37.8 Å². The predicted molar refractivity (Wildman–Crippen MR) is 118 cm³/mol. The van der Waals surface area contributed by atoms with Crippen LogP contribution < -0.4 is 10.2 Å². The molecule has 2 bridgehead atoms. The number of aryl methyl sites for hydroxylation is 1. The van der Waals surface area contributed by atoms with Crippen LogP contribution >= 0.6 is 0 Å². The first-order valence-corrected chi connectivity index (χ1v) is 11.2. The Hall–Kier alpha value is -2.42. The number of hydrogen-bond donors (Lipinski definition) is 2. The number of fused-ring (bicyclic) bond motifs is 2. The molecule has 3 aliphatic rings. The second kappa shape index (κ2) is 8.26. The zero-order valence-electron chi connectivity index (χ0n) is 18.0. The lowest BCUT2D eigenvalue weighted by molar-refractivity contribution is -0.121. The number of aromatic nitrogens is 2. The van der Waals surface area contributed by atoms with Gasteiger partial charge in [0, 0.05) is 44.6 Å². The van der Waals surface area contributed by atoms with Gasteiger partial charge in [0.1, 0.15) is 11.4 Å². The van der Waals surface area contributed by atoms with Gasteiger partial charge in [-0.2, -0.15) is 0 Å². The number of morpholine rings is 1. The van der Waals surface area contributed by atoms with E-state index in [1.165, 1.54) is 0 Å². The van der Waals surface area contributed by atoms with Crippen LogP contribution in [0.15, 0.2) is 36.7 Å². The molecule has 8 nitrogen and oxygen atoms in total. The zero-order chi connectivity index (χ0) is 21.4. The summed E-state index contributed by atoms with van der Waals surface area (Å²) in [4.78, 5) is 22.0. The Morgan fingerprint density at radius 1 is 1.23 bits per heavy atom. The van der Waals surface area contributed by atoms with E-state index in [9.17, 15) is 9.90 Å². The van der Waals surface area contributed by atoms with Crippen molar-refractivity contribution in [1.29, 1.82) is 0 Å². The predicted octanol–water partition coefficient (Wildman–Crippen LogP) is 1.71. The highest BCUT2D eigenvalue weighted by Gasteiger charge is 2.50. The van der Waals surface area contributed by atoms with E-state index in [0.717, 1.165) is 43.1 Å². The average molecular weight is 426 g/mol. The number of anilines is 2. The fraction of sp³-hybridized carbons (Fsp3) is 0.565. The number of benzene rings is 1. The summed E-state index contributed by atoms with van der Waals surface area (Å²) in [6.07, 6.45) is 6.87. The number of rotatable bonds is 5. The maximum absolute atomic E-state index is 13.0. The van der Waals surface area contributed by atoms with Crippen molar-refractivity contribution in [1.82, 2.24) is 14.5 Å². The van der Waals surface area contributed by atoms with Gasteiger partial charge in [0.25, 0.3) is 0 Å². The van der Waals surface area contributed by atoms with E-state index in [2.05, 4.69) is 26.2 Å². The molecule has 5 rings (SSSR count). The molecule has 4 heterocycles. The van der Waals surface area contributed by atoms with Crippen LogP contribution in [0.2, 0.25) is 0 Å². The SMILES string of the molecule is Cn1ccnc1C1(O)C[C@H]2CC[C@@H](C1)N2CC(=O)Nc1ccccc1N1CCOCC1. The molecule has 2 N–H and O–H groups in total. The Kier molecular flexibility index (Phi) is 5.45. The molecule has 0 spiro atoms. The van der Waals surface area contributed by atoms with Crippen molar-refractivity contribution in [2.24, 2.45) is 7.05 Å². The minimum absolute atomic E-state index is 0.0000379. The largest absolute Gasteiger partial charge is 0.382 e. The molecule has 1 unspecified atom stereocenters. The van der Waals surface area contributed by atoms with Crippen molar-refractivity contribution in [3.8, 4) is 0 Å². The van der Waals surface area contributed by atoms with E-state index in [1.54, 1.807) is 6.20 Å². The van der Waals surface area contributed by atoms with Crippen molar-refractivity contribution in [2.45, 2.75) is 43.4 Å². The van der Waals surface area contributed by atoms with Crippen LogP contribution in [0.5, 0.6) is 0 Å². The van der Waals surface area contributed by atoms with Gasteiger partial charge in [0.15, 0.2) is 0 Å². The highest BCUT2D eigenvalue weighted by atomic mass is 16.5. The van der Waals surface area contributed by atoms with Crippen LogP contribution in [0.25, 0.3) is 0 Å². The fourth-order valence-electron chi connectivity index (χ4n) is 5.59. The van der Waals surface area contributed by atoms with Gasteiger partial charge >= 0.3 is 0 Å². The van der Waals surface area contributed by atoms with Gasteiger partial charge in [-0.25, -0.2) is 4.98 Å². The number of imidazole rings is 1. The van der Waals surface area contributed by atoms with E-state index < -0.39 is 5.60 Å². The van der Waals surface area contributed by atoms with Gasteiger partial charge < -0.3 is 24.6 Å². The van der Waals surface area contributed by atoms with E-state index in [-0.39, 0.29) is 18.0 Å². The third-order valence-corrected chi connectivity index (χ3v) is 7.01. The Morgan fingerprint density at radius 2 is 1.94 bits per heavy atom. The topological polar surface area (TPSA) is 82.9 Å². The van der Waals surface area contributed by atoms with Crippen molar-refractivity contribution in [3.05, 3.63) is 42.5 Å². The van der Waals surface area contributed by atoms with E-state index in [4.69, 9.17) is 4.74 Å². The first-order valence-electron chi connectivity index (χ1n) is 11.2. The van der Waals surface area contributed by atoms with Crippen LogP contribution in [0.3, 0.4) is 0 Å². The van der Waals surface area contributed by atoms with Crippen LogP contribution in [-0.2, 0) is 22.2 Å². The molecule has 3 fully saturated rings. The number of nitrogens with one attached hydrogen (secondary N) is 1. The maximum atomic E-state index is 13.0. The van der Waals surface area contributed by atoms with E-state index in [1.807, 2.05) is 36.0 Å². The first-order chi connectivity index (χ1) is 15.0. The van der Waals surface area contributed by atoms with Crippen molar-refractivity contribution >= 4 is 17.3 Å². The number of carbonyl (C=O) groups excluding carboxylic acids is 1. The van der Waals surface area contributed by atoms with Crippen LogP contribution in [0.4, 0.5) is 11.4 Å². The van der Waals surface area contributed by atoms with Crippen LogP contribution in [0.1, 0.15) is 31.5 Å². The Labute approximate surface area is 182 Å². The zero-order valence-corrected chi connectivity index (χ0v) is 18.0. The van der Waals surface area contributed by atoms with Gasteiger partial charge in [-0.15, -0.1) is 0 Å². The quantitative estimate of drug-likeness (QED) is 0.759. The van der Waals surface area contributed by atoms with Gasteiger partial charge in [-0.3, -0.25) is 9.69 Å². The van der Waals surface area contributed by atoms with Gasteiger partial charge in [0.05, 0.1) is 31.1 Å². The summed E-state index contributed by atoms with van der Waals surface area (Å²) in [7, 11) is 1.92. The Balaban J connectivity index is 1.26. The standard InChI is InChI=1S/C23H31N5O3/c1-26-9-8-24-22(26)23(30)14-17-6-7-18(15-23)28(17)16-21(29)25-19-4-2-3-5-20(19)27-10-12-31-13-11-27/h2-5,8-9,17-18,30H,6-7,10-16H2,1H3,(H,25,29)/t17-,18+,23?. The number of carbonyl (C=O) groups is 1. The summed E-state index contributed by atoms with van der Waals surface area (Å²) in [5.41, 5.74) is 0.980. The fourth-order valence-corrected chi connectivity index (χ4v) is 5.59. The summed E-state index contributed by atoms with van der Waals surface area (Å²) in [6.45, 7) is 3.42. The maximum Gasteiger partial charge on any atom is 0.238 e. The third-order valence-electron chi connectivity index (χ3n) is 7.01. The molecular formula is C23H31N5O3.